The van der Waals surface area contributed by atoms with Crippen LogP contribution in [0.15, 0.2) is 47.4 Å². The Morgan fingerprint density at radius 2 is 2.06 bits per heavy atom. The van der Waals surface area contributed by atoms with Crippen LogP contribution in [0.1, 0.15) is 5.56 Å². The Morgan fingerprint density at radius 3 is 2.82 bits per heavy atom. The summed E-state index contributed by atoms with van der Waals surface area (Å²) in [6.45, 7) is 0.403. The molecule has 0 saturated carbocycles. The molecule has 17 heavy (non-hydrogen) atoms. The molecule has 88 valence electrons. The first-order valence-electron chi connectivity index (χ1n) is 5.22. The Balaban J connectivity index is 2.04. The highest BCUT2D eigenvalue weighted by Crippen LogP contribution is 2.14. The van der Waals surface area contributed by atoms with E-state index >= 15 is 0 Å². The largest absolute Gasteiger partial charge is 0.497 e. The summed E-state index contributed by atoms with van der Waals surface area (Å²) in [6.07, 6.45) is 1.56. The quantitative estimate of drug-likeness (QED) is 0.875. The third-order valence-electron chi connectivity index (χ3n) is 2.29. The van der Waals surface area contributed by atoms with Crippen molar-refractivity contribution in [3.05, 3.63) is 58.5 Å². The Kier molecular flexibility index (Phi) is 3.45. The van der Waals surface area contributed by atoms with Gasteiger partial charge in [-0.3, -0.25) is 4.79 Å². The summed E-state index contributed by atoms with van der Waals surface area (Å²) in [5.41, 5.74) is 0.817. The summed E-state index contributed by atoms with van der Waals surface area (Å²) in [4.78, 5) is 13.6. The molecular weight excluding hydrogens is 218 g/mol. The third-order valence-corrected chi connectivity index (χ3v) is 2.29. The van der Waals surface area contributed by atoms with Gasteiger partial charge in [-0.25, -0.2) is 0 Å². The van der Waals surface area contributed by atoms with E-state index in [4.69, 9.17) is 9.47 Å². The molecular formula is C13H13NO3. The molecule has 0 atom stereocenters. The minimum Gasteiger partial charge on any atom is -0.497 e. The fraction of sp³-hybridized carbons (Fsp3) is 0.154. The molecule has 1 aromatic heterocycles. The number of hydrogen-bond donors (Lipinski definition) is 1. The van der Waals surface area contributed by atoms with E-state index in [1.807, 2.05) is 24.3 Å². The first kappa shape index (κ1) is 11.3. The molecule has 0 aliphatic carbocycles. The summed E-state index contributed by atoms with van der Waals surface area (Å²) in [6, 6.07) is 10.7. The fourth-order valence-electron chi connectivity index (χ4n) is 1.44. The molecule has 0 radical (unpaired) electrons. The monoisotopic (exact) mass is 231 g/mol. The second-order valence-corrected chi connectivity index (χ2v) is 3.53. The smallest absolute Gasteiger partial charge is 0.251 e. The highest BCUT2D eigenvalue weighted by molar-refractivity contribution is 5.28. The van der Waals surface area contributed by atoms with Crippen LogP contribution >= 0.6 is 0 Å². The molecule has 2 aromatic rings. The Hall–Kier alpha value is -2.23. The first-order chi connectivity index (χ1) is 8.28. The summed E-state index contributed by atoms with van der Waals surface area (Å²) >= 11 is 0. The molecule has 1 N–H and O–H groups in total. The average Bonchev–Trinajstić information content (AvgIpc) is 2.37. The van der Waals surface area contributed by atoms with Gasteiger partial charge in [0.2, 0.25) is 0 Å². The maximum absolute atomic E-state index is 11.0. The van der Waals surface area contributed by atoms with Gasteiger partial charge in [-0.2, -0.15) is 0 Å². The highest BCUT2D eigenvalue weighted by atomic mass is 16.5. The standard InChI is InChI=1S/C13H13NO3/c1-16-11-4-2-3-10(7-11)9-17-12-5-6-14-13(15)8-12/h2-8H,9H2,1H3,(H,14,15). The number of aromatic amines is 1. The summed E-state index contributed by atoms with van der Waals surface area (Å²) in [5.74, 6) is 1.34. The van der Waals surface area contributed by atoms with Crippen molar-refractivity contribution < 1.29 is 9.47 Å². The molecule has 2 rings (SSSR count). The van der Waals surface area contributed by atoms with Crippen LogP contribution < -0.4 is 15.0 Å². The van der Waals surface area contributed by atoms with E-state index in [0.717, 1.165) is 11.3 Å². The molecule has 0 aliphatic heterocycles. The van der Waals surface area contributed by atoms with E-state index < -0.39 is 0 Å². The van der Waals surface area contributed by atoms with Gasteiger partial charge >= 0.3 is 0 Å². The van der Waals surface area contributed by atoms with E-state index in [1.54, 1.807) is 19.4 Å². The number of ether oxygens (including phenoxy) is 2. The van der Waals surface area contributed by atoms with Gasteiger partial charge in [-0.1, -0.05) is 12.1 Å². The van der Waals surface area contributed by atoms with E-state index in [2.05, 4.69) is 4.98 Å². The maximum atomic E-state index is 11.0. The van der Waals surface area contributed by atoms with E-state index in [9.17, 15) is 4.79 Å². The minimum atomic E-state index is -0.173. The normalized spacial score (nSPS) is 9.94. The zero-order chi connectivity index (χ0) is 12.1. The van der Waals surface area contributed by atoms with Crippen molar-refractivity contribution in [1.29, 1.82) is 0 Å². The number of rotatable bonds is 4. The zero-order valence-corrected chi connectivity index (χ0v) is 9.47. The van der Waals surface area contributed by atoms with Crippen LogP contribution in [-0.2, 0) is 6.61 Å². The molecule has 1 heterocycles. The number of methoxy groups -OCH3 is 1. The Labute approximate surface area is 98.8 Å². The molecule has 1 aromatic carbocycles. The first-order valence-corrected chi connectivity index (χ1v) is 5.22. The predicted octanol–water partition coefficient (Wildman–Crippen LogP) is 1.96. The average molecular weight is 231 g/mol. The topological polar surface area (TPSA) is 51.3 Å². The lowest BCUT2D eigenvalue weighted by Gasteiger charge is -2.06. The number of hydrogen-bond acceptors (Lipinski definition) is 3. The SMILES string of the molecule is COc1cccc(COc2cc[nH]c(=O)c2)c1. The molecule has 4 nitrogen and oxygen atoms in total. The molecule has 0 amide bonds. The van der Waals surface area contributed by atoms with Crippen LogP contribution in [0, 0.1) is 0 Å². The van der Waals surface area contributed by atoms with Crippen molar-refractivity contribution >= 4 is 0 Å². The van der Waals surface area contributed by atoms with Gasteiger partial charge in [0.25, 0.3) is 5.56 Å². The van der Waals surface area contributed by atoms with Crippen LogP contribution in [0.4, 0.5) is 0 Å². The van der Waals surface area contributed by atoms with Crippen molar-refractivity contribution in [3.63, 3.8) is 0 Å². The van der Waals surface area contributed by atoms with Crippen LogP contribution in [0.2, 0.25) is 0 Å². The van der Waals surface area contributed by atoms with Crippen LogP contribution in [0.5, 0.6) is 11.5 Å². The lowest BCUT2D eigenvalue weighted by molar-refractivity contribution is 0.304. The van der Waals surface area contributed by atoms with Crippen molar-refractivity contribution in [3.8, 4) is 11.5 Å². The van der Waals surface area contributed by atoms with Crippen molar-refractivity contribution in [1.82, 2.24) is 4.98 Å². The van der Waals surface area contributed by atoms with E-state index in [1.165, 1.54) is 6.07 Å². The molecule has 4 heteroatoms. The van der Waals surface area contributed by atoms with Gasteiger partial charge in [0.05, 0.1) is 7.11 Å². The maximum Gasteiger partial charge on any atom is 0.251 e. The predicted molar refractivity (Wildman–Crippen MR) is 64.4 cm³/mol. The van der Waals surface area contributed by atoms with Gasteiger partial charge in [0, 0.05) is 12.3 Å². The van der Waals surface area contributed by atoms with Gasteiger partial charge in [0.1, 0.15) is 18.1 Å². The van der Waals surface area contributed by atoms with Crippen molar-refractivity contribution in [2.24, 2.45) is 0 Å². The van der Waals surface area contributed by atoms with Crippen molar-refractivity contribution in [2.45, 2.75) is 6.61 Å². The second-order valence-electron chi connectivity index (χ2n) is 3.53. The zero-order valence-electron chi connectivity index (χ0n) is 9.47. The lowest BCUT2D eigenvalue weighted by atomic mass is 10.2. The van der Waals surface area contributed by atoms with E-state index in [0.29, 0.717) is 12.4 Å². The van der Waals surface area contributed by atoms with Gasteiger partial charge in [0.15, 0.2) is 0 Å². The summed E-state index contributed by atoms with van der Waals surface area (Å²) in [7, 11) is 1.62. The number of aromatic nitrogens is 1. The van der Waals surface area contributed by atoms with E-state index in [-0.39, 0.29) is 5.56 Å². The third kappa shape index (κ3) is 3.11. The van der Waals surface area contributed by atoms with Gasteiger partial charge < -0.3 is 14.5 Å². The second kappa shape index (κ2) is 5.21. The molecule has 0 spiro atoms. The van der Waals surface area contributed by atoms with Gasteiger partial charge in [-0.15, -0.1) is 0 Å². The van der Waals surface area contributed by atoms with Gasteiger partial charge in [-0.05, 0) is 23.8 Å². The number of nitrogens with one attached hydrogen (secondary N) is 1. The minimum absolute atomic E-state index is 0.173. The molecule has 0 saturated heterocycles. The highest BCUT2D eigenvalue weighted by Gasteiger charge is 1.98. The number of pyridine rings is 1. The number of benzene rings is 1. The van der Waals surface area contributed by atoms with Crippen molar-refractivity contribution in [2.75, 3.05) is 7.11 Å². The van der Waals surface area contributed by atoms with Crippen LogP contribution in [-0.4, -0.2) is 12.1 Å². The number of H-pyrrole nitrogens is 1. The fourth-order valence-corrected chi connectivity index (χ4v) is 1.44. The molecule has 0 fully saturated rings. The van der Waals surface area contributed by atoms with Crippen LogP contribution in [0.25, 0.3) is 0 Å². The molecule has 0 aliphatic rings. The Morgan fingerprint density at radius 1 is 1.18 bits per heavy atom. The molecule has 0 unspecified atom stereocenters. The van der Waals surface area contributed by atoms with Crippen LogP contribution in [0.3, 0.4) is 0 Å². The molecule has 0 bridgehead atoms. The lowest BCUT2D eigenvalue weighted by Crippen LogP contribution is -2.04. The summed E-state index contributed by atoms with van der Waals surface area (Å²) < 4.78 is 10.6. The summed E-state index contributed by atoms with van der Waals surface area (Å²) in [5, 5.41) is 0. The Bertz CT molecular complexity index is 548.